The Hall–Kier alpha value is -2.77. The van der Waals surface area contributed by atoms with Gasteiger partial charge < -0.3 is 5.32 Å². The smallest absolute Gasteiger partial charge is 0.259 e. The number of pyridine rings is 1. The number of nitrogens with one attached hydrogen (secondary N) is 1. The Morgan fingerprint density at radius 1 is 1.32 bits per heavy atom. The number of hydrogen-bond acceptors (Lipinski definition) is 5. The van der Waals surface area contributed by atoms with Gasteiger partial charge in [-0.05, 0) is 47.7 Å². The maximum atomic E-state index is 13.7. The van der Waals surface area contributed by atoms with E-state index in [2.05, 4.69) is 27.9 Å². The number of aromatic nitrogens is 1. The number of carbonyl (C=O) groups is 1. The van der Waals surface area contributed by atoms with E-state index in [9.17, 15) is 9.18 Å². The van der Waals surface area contributed by atoms with E-state index in [0.717, 1.165) is 32.8 Å². The van der Waals surface area contributed by atoms with Crippen molar-refractivity contribution in [3.63, 3.8) is 0 Å². The van der Waals surface area contributed by atoms with E-state index in [-0.39, 0.29) is 5.56 Å². The van der Waals surface area contributed by atoms with Gasteiger partial charge in [-0.25, -0.2) is 4.39 Å². The second-order valence-electron chi connectivity index (χ2n) is 5.82. The largest absolute Gasteiger partial charge is 0.313 e. The van der Waals surface area contributed by atoms with E-state index in [1.54, 1.807) is 12.5 Å². The molecule has 28 heavy (non-hydrogen) atoms. The number of benzene rings is 1. The predicted octanol–water partition coefficient (Wildman–Crippen LogP) is 5.76. The van der Waals surface area contributed by atoms with Crippen LogP contribution in [0.1, 0.15) is 21.5 Å². The van der Waals surface area contributed by atoms with Crippen molar-refractivity contribution in [2.45, 2.75) is 6.92 Å². The molecule has 3 rings (SSSR count). The number of carbonyl (C=O) groups excluding carboxylic acids is 1. The van der Waals surface area contributed by atoms with Gasteiger partial charge in [0.2, 0.25) is 0 Å². The highest BCUT2D eigenvalue weighted by Gasteiger charge is 2.14. The van der Waals surface area contributed by atoms with Crippen LogP contribution in [0.4, 0.5) is 9.39 Å². The van der Waals surface area contributed by atoms with Crippen LogP contribution in [0.5, 0.6) is 0 Å². The lowest BCUT2D eigenvalue weighted by Crippen LogP contribution is -2.12. The molecule has 3 aromatic rings. The minimum Gasteiger partial charge on any atom is -0.313 e. The van der Waals surface area contributed by atoms with Crippen molar-refractivity contribution in [3.8, 4) is 10.4 Å². The molecule has 0 saturated carbocycles. The molecular weight excluding hydrogens is 393 g/mol. The Labute approximate surface area is 171 Å². The van der Waals surface area contributed by atoms with Crippen LogP contribution in [-0.4, -0.2) is 23.0 Å². The molecule has 0 atom stereocenters. The first-order chi connectivity index (χ1) is 13.5. The first-order valence-electron chi connectivity index (χ1n) is 8.40. The standard InChI is InChI=1S/C21H18FN3OS2/c1-4-27-21(23-3)14-6-5-13(2)16(11-14)18-7-8-19(28-18)25-20(26)15-9-10-24-12-17(15)22/h4-12H,1H2,2-3H3,(H,25,26)/b23-21-. The highest BCUT2D eigenvalue weighted by Crippen LogP contribution is 2.35. The second kappa shape index (κ2) is 8.95. The van der Waals surface area contributed by atoms with Crippen molar-refractivity contribution in [3.05, 3.63) is 83.3 Å². The molecule has 7 heteroatoms. The lowest BCUT2D eigenvalue weighted by Gasteiger charge is -2.08. The van der Waals surface area contributed by atoms with E-state index in [1.807, 2.05) is 31.2 Å². The maximum absolute atomic E-state index is 13.7. The topological polar surface area (TPSA) is 54.4 Å². The van der Waals surface area contributed by atoms with E-state index < -0.39 is 11.7 Å². The zero-order chi connectivity index (χ0) is 20.1. The summed E-state index contributed by atoms with van der Waals surface area (Å²) in [6.45, 7) is 5.78. The molecule has 0 radical (unpaired) electrons. The molecular formula is C21H18FN3OS2. The number of rotatable bonds is 5. The van der Waals surface area contributed by atoms with Crippen LogP contribution in [0.2, 0.25) is 0 Å². The summed E-state index contributed by atoms with van der Waals surface area (Å²) in [5.74, 6) is -1.15. The molecule has 0 unspecified atom stereocenters. The van der Waals surface area contributed by atoms with Crippen molar-refractivity contribution in [2.24, 2.45) is 4.99 Å². The number of anilines is 1. The van der Waals surface area contributed by atoms with Crippen LogP contribution >= 0.6 is 23.1 Å². The van der Waals surface area contributed by atoms with E-state index >= 15 is 0 Å². The molecule has 0 fully saturated rings. The van der Waals surface area contributed by atoms with E-state index in [4.69, 9.17) is 0 Å². The van der Waals surface area contributed by atoms with Gasteiger partial charge in [-0.2, -0.15) is 0 Å². The molecule has 142 valence electrons. The third-order valence-electron chi connectivity index (χ3n) is 4.01. The summed E-state index contributed by atoms with van der Waals surface area (Å²) in [4.78, 5) is 21.3. The fourth-order valence-corrected chi connectivity index (χ4v) is 4.15. The van der Waals surface area contributed by atoms with Crippen molar-refractivity contribution in [1.82, 2.24) is 4.98 Å². The number of halogens is 1. The van der Waals surface area contributed by atoms with Gasteiger partial charge in [-0.1, -0.05) is 30.5 Å². The molecule has 1 amide bonds. The third-order valence-corrected chi connectivity index (χ3v) is 5.85. The van der Waals surface area contributed by atoms with E-state index in [0.29, 0.717) is 5.00 Å². The SMILES string of the molecule is C=CS/C(=N\C)c1ccc(C)c(-c2ccc(NC(=O)c3ccncc3F)s2)c1. The average Bonchev–Trinajstić information content (AvgIpc) is 3.15. The molecule has 4 nitrogen and oxygen atoms in total. The summed E-state index contributed by atoms with van der Waals surface area (Å²) in [6.07, 6.45) is 2.42. The molecule has 0 aliphatic heterocycles. The van der Waals surface area contributed by atoms with Gasteiger partial charge in [0.25, 0.3) is 5.91 Å². The predicted molar refractivity (Wildman–Crippen MR) is 117 cm³/mol. The minimum absolute atomic E-state index is 0.0339. The summed E-state index contributed by atoms with van der Waals surface area (Å²) in [6, 6.07) is 11.3. The number of nitrogens with zero attached hydrogens (tertiary/aromatic N) is 2. The minimum atomic E-state index is -0.647. The van der Waals surface area contributed by atoms with Crippen LogP contribution < -0.4 is 5.32 Å². The van der Waals surface area contributed by atoms with Crippen LogP contribution in [0.25, 0.3) is 10.4 Å². The number of aryl methyl sites for hydroxylation is 1. The number of thioether (sulfide) groups is 1. The number of hydrogen-bond donors (Lipinski definition) is 1. The van der Waals surface area contributed by atoms with E-state index in [1.165, 1.54) is 35.4 Å². The normalized spacial score (nSPS) is 11.3. The Morgan fingerprint density at radius 3 is 2.86 bits per heavy atom. The van der Waals surface area contributed by atoms with Gasteiger partial charge in [-0.15, -0.1) is 11.3 Å². The molecule has 2 heterocycles. The molecule has 2 aromatic heterocycles. The third kappa shape index (κ3) is 4.37. The Balaban J connectivity index is 1.87. The molecule has 0 saturated heterocycles. The molecule has 1 N–H and O–H groups in total. The lowest BCUT2D eigenvalue weighted by atomic mass is 10.0. The van der Waals surface area contributed by atoms with Gasteiger partial charge in [0.1, 0.15) is 5.04 Å². The maximum Gasteiger partial charge on any atom is 0.259 e. The second-order valence-corrected chi connectivity index (χ2v) is 7.86. The summed E-state index contributed by atoms with van der Waals surface area (Å²) in [5, 5.41) is 6.03. The van der Waals surface area contributed by atoms with Crippen LogP contribution in [0, 0.1) is 12.7 Å². The van der Waals surface area contributed by atoms with Crippen molar-refractivity contribution >= 4 is 39.1 Å². The quantitative estimate of drug-likeness (QED) is 0.429. The molecule has 0 aliphatic carbocycles. The van der Waals surface area contributed by atoms with Gasteiger partial charge in [-0.3, -0.25) is 14.8 Å². The van der Waals surface area contributed by atoms with Crippen LogP contribution in [0.15, 0.2) is 65.8 Å². The first-order valence-corrected chi connectivity index (χ1v) is 10.1. The summed E-state index contributed by atoms with van der Waals surface area (Å²) in [5.41, 5.74) is 3.14. The molecule has 0 bridgehead atoms. The van der Waals surface area contributed by atoms with Crippen molar-refractivity contribution < 1.29 is 9.18 Å². The zero-order valence-electron chi connectivity index (χ0n) is 15.4. The fraction of sp³-hybridized carbons (Fsp3) is 0.0952. The van der Waals surface area contributed by atoms with Crippen molar-refractivity contribution in [2.75, 3.05) is 12.4 Å². The average molecular weight is 412 g/mol. The van der Waals surface area contributed by atoms with Gasteiger partial charge >= 0.3 is 0 Å². The first kappa shape index (κ1) is 20.0. The summed E-state index contributed by atoms with van der Waals surface area (Å²) >= 11 is 2.91. The summed E-state index contributed by atoms with van der Waals surface area (Å²) in [7, 11) is 1.75. The highest BCUT2D eigenvalue weighted by molar-refractivity contribution is 8.16. The fourth-order valence-electron chi connectivity index (χ4n) is 2.64. The Kier molecular flexibility index (Phi) is 6.38. The molecule has 0 spiro atoms. The monoisotopic (exact) mass is 411 g/mol. The van der Waals surface area contributed by atoms with Crippen molar-refractivity contribution in [1.29, 1.82) is 0 Å². The number of thiophene rings is 1. The molecule has 1 aromatic carbocycles. The number of aliphatic imine (C=N–C) groups is 1. The Bertz CT molecular complexity index is 1060. The van der Waals surface area contributed by atoms with Gasteiger partial charge in [0.05, 0.1) is 16.8 Å². The molecule has 0 aliphatic rings. The lowest BCUT2D eigenvalue weighted by molar-refractivity contribution is 0.102. The Morgan fingerprint density at radius 2 is 2.14 bits per heavy atom. The highest BCUT2D eigenvalue weighted by atomic mass is 32.2. The van der Waals surface area contributed by atoms with Gasteiger partial charge in [0.15, 0.2) is 5.82 Å². The summed E-state index contributed by atoms with van der Waals surface area (Å²) < 4.78 is 13.7. The van der Waals surface area contributed by atoms with Crippen LogP contribution in [0.3, 0.4) is 0 Å². The van der Waals surface area contributed by atoms with Crippen LogP contribution in [-0.2, 0) is 0 Å². The van der Waals surface area contributed by atoms with Gasteiger partial charge in [0, 0.05) is 23.7 Å². The zero-order valence-corrected chi connectivity index (χ0v) is 17.0. The number of amides is 1.